The monoisotopic (exact) mass is 328 g/mol. The minimum absolute atomic E-state index is 0. The van der Waals surface area contributed by atoms with E-state index in [1.54, 1.807) is 0 Å². The van der Waals surface area contributed by atoms with Gasteiger partial charge in [-0.3, -0.25) is 0 Å². The summed E-state index contributed by atoms with van der Waals surface area (Å²) in [5.41, 5.74) is 0. The summed E-state index contributed by atoms with van der Waals surface area (Å²) in [6.07, 6.45) is -0.108. The molecule has 0 saturated carbocycles. The van der Waals surface area contributed by atoms with Crippen molar-refractivity contribution in [3.05, 3.63) is 0 Å². The number of rotatable bonds is 4. The smallest absolute Gasteiger partial charge is 0.550 e. The van der Waals surface area contributed by atoms with E-state index < -0.39 is 11.9 Å². The summed E-state index contributed by atoms with van der Waals surface area (Å²) in [6, 6.07) is 0. The average molecular weight is 327 g/mol. The predicted octanol–water partition coefficient (Wildman–Crippen LogP) is -1.27. The summed E-state index contributed by atoms with van der Waals surface area (Å²) in [6.45, 7) is 0. The van der Waals surface area contributed by atoms with Gasteiger partial charge in [-0.15, -0.1) is 23.2 Å². The van der Waals surface area contributed by atoms with Crippen LogP contribution in [0.25, 0.3) is 0 Å². The summed E-state index contributed by atoms with van der Waals surface area (Å²) in [7, 11) is 0. The van der Waals surface area contributed by atoms with Gasteiger partial charge in [0.05, 0.1) is 0 Å². The number of hydrogen-bond donors (Lipinski definition) is 0. The van der Waals surface area contributed by atoms with Gasteiger partial charge < -0.3 is 19.8 Å². The number of halogens is 2. The van der Waals surface area contributed by atoms with Crippen LogP contribution >= 0.6 is 23.2 Å². The van der Waals surface area contributed by atoms with Crippen molar-refractivity contribution in [3.8, 4) is 0 Å². The molecule has 0 N–H and O–H groups in total. The molecule has 13 heavy (non-hydrogen) atoms. The second-order valence-electron chi connectivity index (χ2n) is 1.62. The van der Waals surface area contributed by atoms with E-state index in [-0.39, 0.29) is 51.9 Å². The molecule has 0 aliphatic heterocycles. The molecule has 0 aromatic heterocycles. The zero-order valence-electron chi connectivity index (χ0n) is 6.92. The maximum Gasteiger partial charge on any atom is 2.00 e. The van der Waals surface area contributed by atoms with Crippen LogP contribution in [0.5, 0.6) is 0 Å². The van der Waals surface area contributed by atoms with Gasteiger partial charge in [-0.25, -0.2) is 0 Å². The summed E-state index contributed by atoms with van der Waals surface area (Å²) < 4.78 is 0. The van der Waals surface area contributed by atoms with E-state index in [1.165, 1.54) is 0 Å². The zero-order valence-corrected chi connectivity index (χ0v) is 12.5. The Hall–Kier alpha value is 0.442. The van der Waals surface area contributed by atoms with Gasteiger partial charge in [0.25, 0.3) is 0 Å². The Kier molecular flexibility index (Phi) is 21.9. The van der Waals surface area contributed by atoms with Gasteiger partial charge in [-0.1, -0.05) is 0 Å². The van der Waals surface area contributed by atoms with Gasteiger partial charge in [-0.2, -0.15) is 0 Å². The van der Waals surface area contributed by atoms with Crippen LogP contribution in [-0.4, -0.2) is 23.7 Å². The standard InChI is InChI=1S/2C3H5ClO2.Cd/c2*4-2-1-3(5)6;/h2*1-2H2,(H,5,6);/q;;+2/p-2. The topological polar surface area (TPSA) is 80.3 Å². The van der Waals surface area contributed by atoms with Crippen molar-refractivity contribution in [1.82, 2.24) is 0 Å². The number of carbonyl (C=O) groups excluding carboxylic acids is 2. The van der Waals surface area contributed by atoms with Crippen molar-refractivity contribution in [2.45, 2.75) is 12.8 Å². The number of carboxylic acid groups (broad SMARTS) is 2. The van der Waals surface area contributed by atoms with E-state index in [1.807, 2.05) is 0 Å². The number of carboxylic acids is 2. The molecule has 0 aromatic rings. The van der Waals surface area contributed by atoms with Crippen molar-refractivity contribution in [3.63, 3.8) is 0 Å². The maximum atomic E-state index is 9.40. The van der Waals surface area contributed by atoms with Crippen molar-refractivity contribution >= 4 is 35.1 Å². The number of carbonyl (C=O) groups is 2. The van der Waals surface area contributed by atoms with Crippen LogP contribution in [0.4, 0.5) is 0 Å². The quantitative estimate of drug-likeness (QED) is 0.476. The number of aliphatic carboxylic acids is 2. The van der Waals surface area contributed by atoms with Crippen LogP contribution < -0.4 is 10.2 Å². The van der Waals surface area contributed by atoms with Crippen LogP contribution in [0.3, 0.4) is 0 Å². The van der Waals surface area contributed by atoms with Crippen molar-refractivity contribution in [2.75, 3.05) is 11.8 Å². The molecule has 7 heteroatoms. The molecule has 0 rings (SSSR count). The van der Waals surface area contributed by atoms with Crippen molar-refractivity contribution < 1.29 is 47.1 Å². The van der Waals surface area contributed by atoms with E-state index in [4.69, 9.17) is 23.2 Å². The molecule has 0 bridgehead atoms. The molecular weight excluding hydrogens is 319 g/mol. The first kappa shape index (κ1) is 19.1. The second-order valence-corrected chi connectivity index (χ2v) is 2.38. The second kappa shape index (κ2) is 14.9. The third-order valence-electron chi connectivity index (χ3n) is 0.597. The Balaban J connectivity index is -0.000000143. The largest absolute Gasteiger partial charge is 2.00 e. The summed E-state index contributed by atoms with van der Waals surface area (Å²) in [4.78, 5) is 18.8. The first-order chi connectivity index (χ1) is 5.54. The minimum atomic E-state index is -1.09. The number of alkyl halides is 2. The summed E-state index contributed by atoms with van der Waals surface area (Å²) in [5, 5.41) is 18.8. The Morgan fingerprint density at radius 3 is 1.15 bits per heavy atom. The molecule has 0 aliphatic carbocycles. The summed E-state index contributed by atoms with van der Waals surface area (Å²) in [5.74, 6) is -1.90. The van der Waals surface area contributed by atoms with E-state index >= 15 is 0 Å². The molecule has 0 fully saturated rings. The molecule has 0 atom stereocenters. The minimum Gasteiger partial charge on any atom is -0.550 e. The third kappa shape index (κ3) is 32.7. The molecule has 0 heterocycles. The fourth-order valence-electron chi connectivity index (χ4n) is 0.154. The van der Waals surface area contributed by atoms with E-state index in [9.17, 15) is 19.8 Å². The SMILES string of the molecule is O=C([O-])CCCl.O=C([O-])CCCl.[Cd+2]. The Morgan fingerprint density at radius 1 is 0.923 bits per heavy atom. The molecule has 0 unspecified atom stereocenters. The molecule has 72 valence electrons. The Morgan fingerprint density at radius 2 is 1.15 bits per heavy atom. The van der Waals surface area contributed by atoms with Gasteiger partial charge in [-0.05, 0) is 0 Å². The maximum absolute atomic E-state index is 9.40. The first-order valence-corrected chi connectivity index (χ1v) is 4.13. The number of hydrogen-bond acceptors (Lipinski definition) is 4. The first-order valence-electron chi connectivity index (χ1n) is 3.06. The van der Waals surface area contributed by atoms with Gasteiger partial charge >= 0.3 is 27.3 Å². The van der Waals surface area contributed by atoms with Crippen LogP contribution in [-0.2, 0) is 36.9 Å². The fraction of sp³-hybridized carbons (Fsp3) is 0.667. The molecule has 0 radical (unpaired) electrons. The van der Waals surface area contributed by atoms with Crippen molar-refractivity contribution in [1.29, 1.82) is 0 Å². The Labute approximate surface area is 106 Å². The molecule has 4 nitrogen and oxygen atoms in total. The van der Waals surface area contributed by atoms with E-state index in [0.29, 0.717) is 0 Å². The zero-order chi connectivity index (χ0) is 9.98. The molecule has 0 spiro atoms. The van der Waals surface area contributed by atoms with E-state index in [0.717, 1.165) is 0 Å². The Bertz CT molecular complexity index is 127. The van der Waals surface area contributed by atoms with Crippen LogP contribution in [0.1, 0.15) is 12.8 Å². The fourth-order valence-corrected chi connectivity index (χ4v) is 0.463. The molecule has 0 aliphatic rings. The third-order valence-corrected chi connectivity index (χ3v) is 0.975. The van der Waals surface area contributed by atoms with Gasteiger partial charge in [0.1, 0.15) is 0 Å². The predicted molar refractivity (Wildman–Crippen MR) is 40.7 cm³/mol. The van der Waals surface area contributed by atoms with Crippen LogP contribution in [0.2, 0.25) is 0 Å². The molecular formula is C6H8CdCl2O4. The van der Waals surface area contributed by atoms with Gasteiger partial charge in [0.15, 0.2) is 0 Å². The van der Waals surface area contributed by atoms with Crippen LogP contribution in [0.15, 0.2) is 0 Å². The molecule has 0 aromatic carbocycles. The molecule has 0 amide bonds. The van der Waals surface area contributed by atoms with E-state index in [2.05, 4.69) is 0 Å². The van der Waals surface area contributed by atoms with Crippen molar-refractivity contribution in [2.24, 2.45) is 0 Å². The average Bonchev–Trinajstić information content (AvgIpc) is 1.87. The van der Waals surface area contributed by atoms with Gasteiger partial charge in [0.2, 0.25) is 0 Å². The summed E-state index contributed by atoms with van der Waals surface area (Å²) >= 11 is 9.95. The normalized spacial score (nSPS) is 7.54. The molecule has 0 saturated heterocycles. The van der Waals surface area contributed by atoms with Crippen LogP contribution in [0, 0.1) is 0 Å². The van der Waals surface area contributed by atoms with Gasteiger partial charge in [0, 0.05) is 36.5 Å².